The fraction of sp³-hybridized carbons (Fsp3) is 0.261. The Labute approximate surface area is 179 Å². The summed E-state index contributed by atoms with van der Waals surface area (Å²) in [5.74, 6) is 0.267. The van der Waals surface area contributed by atoms with Gasteiger partial charge in [-0.3, -0.25) is 0 Å². The molecule has 0 atom stereocenters. The molecule has 0 aliphatic rings. The first-order valence-electron chi connectivity index (χ1n) is 9.28. The second-order valence-corrected chi connectivity index (χ2v) is 6.67. The van der Waals surface area contributed by atoms with Crippen LogP contribution in [0.3, 0.4) is 0 Å². The van der Waals surface area contributed by atoms with Gasteiger partial charge in [-0.2, -0.15) is 0 Å². The van der Waals surface area contributed by atoms with Crippen molar-refractivity contribution < 1.29 is 38.7 Å². The van der Waals surface area contributed by atoms with Crippen LogP contribution in [0.5, 0.6) is 34.5 Å². The minimum atomic E-state index is -1.26. The average Bonchev–Trinajstić information content (AvgIpc) is 2.77. The molecule has 8 heteroatoms. The van der Waals surface area contributed by atoms with Crippen LogP contribution in [0.1, 0.15) is 15.9 Å². The van der Waals surface area contributed by atoms with Gasteiger partial charge >= 0.3 is 5.97 Å². The summed E-state index contributed by atoms with van der Waals surface area (Å²) in [7, 11) is 7.43. The van der Waals surface area contributed by atoms with Gasteiger partial charge in [-0.15, -0.1) is 0 Å². The molecular formula is C23H24O8. The van der Waals surface area contributed by atoms with Crippen molar-refractivity contribution in [3.8, 4) is 45.6 Å². The lowest BCUT2D eigenvalue weighted by Crippen LogP contribution is -2.05. The fourth-order valence-electron chi connectivity index (χ4n) is 3.83. The number of ether oxygens (including phenoxy) is 5. The van der Waals surface area contributed by atoms with Crippen LogP contribution < -0.4 is 23.7 Å². The highest BCUT2D eigenvalue weighted by Gasteiger charge is 2.28. The number of aromatic hydroxyl groups is 1. The molecule has 164 valence electrons. The van der Waals surface area contributed by atoms with E-state index >= 15 is 0 Å². The molecule has 3 aromatic rings. The number of carbonyl (C=O) groups is 1. The molecule has 0 radical (unpaired) electrons. The van der Waals surface area contributed by atoms with Crippen LogP contribution in [-0.2, 0) is 0 Å². The predicted octanol–water partition coefficient (Wildman–Crippen LogP) is 4.26. The smallest absolute Gasteiger partial charge is 0.339 e. The summed E-state index contributed by atoms with van der Waals surface area (Å²) in [5, 5.41) is 21.4. The Hall–Kier alpha value is -3.81. The van der Waals surface area contributed by atoms with Crippen molar-refractivity contribution in [3.63, 3.8) is 0 Å². The fourth-order valence-corrected chi connectivity index (χ4v) is 3.83. The lowest BCUT2D eigenvalue weighted by Gasteiger charge is -2.21. The van der Waals surface area contributed by atoms with E-state index < -0.39 is 5.97 Å². The number of carboxylic acid groups (broad SMARTS) is 1. The number of fused-ring (bicyclic) bond motifs is 1. The van der Waals surface area contributed by atoms with E-state index in [9.17, 15) is 15.0 Å². The molecule has 0 heterocycles. The zero-order valence-electron chi connectivity index (χ0n) is 18.2. The van der Waals surface area contributed by atoms with E-state index in [2.05, 4.69) is 0 Å². The van der Waals surface area contributed by atoms with E-state index in [0.29, 0.717) is 50.8 Å². The van der Waals surface area contributed by atoms with Gasteiger partial charge in [-0.1, -0.05) is 6.07 Å². The Morgan fingerprint density at radius 2 is 1.42 bits per heavy atom. The number of phenols is 1. The standard InChI is InChI=1S/C23H24O8/c1-11-17(12-7-8-14(27-2)15(9-12)28-3)19-13(20(24)18(11)23(25)26)10-16(29-4)21(30-5)22(19)31-6/h7-10,24H,1-6H3,(H,25,26). The Bertz CT molecular complexity index is 1170. The van der Waals surface area contributed by atoms with Crippen molar-refractivity contribution in [2.45, 2.75) is 6.92 Å². The third-order valence-electron chi connectivity index (χ3n) is 5.21. The Morgan fingerprint density at radius 3 is 1.94 bits per heavy atom. The van der Waals surface area contributed by atoms with Gasteiger partial charge in [0.2, 0.25) is 5.75 Å². The maximum atomic E-state index is 12.0. The Kier molecular flexibility index (Phi) is 6.01. The highest BCUT2D eigenvalue weighted by molar-refractivity contribution is 6.13. The summed E-state index contributed by atoms with van der Waals surface area (Å²) in [6.45, 7) is 1.63. The number of methoxy groups -OCH3 is 5. The summed E-state index contributed by atoms with van der Waals surface area (Å²) in [4.78, 5) is 12.0. The van der Waals surface area contributed by atoms with E-state index in [0.717, 1.165) is 0 Å². The average molecular weight is 428 g/mol. The van der Waals surface area contributed by atoms with Gasteiger partial charge in [0.15, 0.2) is 23.0 Å². The first-order chi connectivity index (χ1) is 14.8. The number of carboxylic acids is 1. The molecular weight excluding hydrogens is 404 g/mol. The van der Waals surface area contributed by atoms with Gasteiger partial charge in [0.05, 0.1) is 35.5 Å². The van der Waals surface area contributed by atoms with Crippen molar-refractivity contribution in [2.24, 2.45) is 0 Å². The van der Waals surface area contributed by atoms with Gasteiger partial charge in [0.1, 0.15) is 11.3 Å². The molecule has 0 amide bonds. The Balaban J connectivity index is 2.60. The molecule has 0 fully saturated rings. The summed E-state index contributed by atoms with van der Waals surface area (Å²) < 4.78 is 27.3. The summed E-state index contributed by atoms with van der Waals surface area (Å²) in [6.07, 6.45) is 0. The van der Waals surface area contributed by atoms with Crippen LogP contribution >= 0.6 is 0 Å². The van der Waals surface area contributed by atoms with Crippen LogP contribution in [0.15, 0.2) is 24.3 Å². The van der Waals surface area contributed by atoms with Crippen molar-refractivity contribution in [3.05, 3.63) is 35.4 Å². The monoisotopic (exact) mass is 428 g/mol. The first-order valence-corrected chi connectivity index (χ1v) is 9.28. The minimum Gasteiger partial charge on any atom is -0.506 e. The quantitative estimate of drug-likeness (QED) is 0.575. The first kappa shape index (κ1) is 21.9. The van der Waals surface area contributed by atoms with Gasteiger partial charge in [0.25, 0.3) is 0 Å². The third kappa shape index (κ3) is 3.39. The van der Waals surface area contributed by atoms with Crippen LogP contribution in [0.2, 0.25) is 0 Å². The molecule has 0 spiro atoms. The molecule has 2 N–H and O–H groups in total. The lowest BCUT2D eigenvalue weighted by atomic mass is 9.88. The number of aromatic carboxylic acids is 1. The second kappa shape index (κ2) is 8.51. The number of hydrogen-bond donors (Lipinski definition) is 2. The van der Waals surface area contributed by atoms with Gasteiger partial charge in [-0.25, -0.2) is 4.79 Å². The van der Waals surface area contributed by atoms with Gasteiger partial charge < -0.3 is 33.9 Å². The van der Waals surface area contributed by atoms with Crippen molar-refractivity contribution in [2.75, 3.05) is 35.5 Å². The number of hydrogen-bond acceptors (Lipinski definition) is 7. The van der Waals surface area contributed by atoms with Crippen molar-refractivity contribution >= 4 is 16.7 Å². The molecule has 8 nitrogen and oxygen atoms in total. The molecule has 0 aliphatic heterocycles. The molecule has 0 aliphatic carbocycles. The van der Waals surface area contributed by atoms with Gasteiger partial charge in [0, 0.05) is 10.8 Å². The molecule has 3 rings (SSSR count). The lowest BCUT2D eigenvalue weighted by molar-refractivity contribution is 0.0693. The second-order valence-electron chi connectivity index (χ2n) is 6.67. The molecule has 0 unspecified atom stereocenters. The maximum absolute atomic E-state index is 12.0. The molecule has 0 saturated heterocycles. The molecule has 0 bridgehead atoms. The number of rotatable bonds is 7. The molecule has 3 aromatic carbocycles. The SMILES string of the molecule is COc1ccc(-c2c(C)c(C(=O)O)c(O)c3cc(OC)c(OC)c(OC)c23)cc1OC. The van der Waals surface area contributed by atoms with Gasteiger partial charge in [-0.05, 0) is 41.8 Å². The van der Waals surface area contributed by atoms with Crippen LogP contribution in [0, 0.1) is 6.92 Å². The highest BCUT2D eigenvalue weighted by Crippen LogP contribution is 2.52. The molecule has 0 aromatic heterocycles. The minimum absolute atomic E-state index is 0.216. The van der Waals surface area contributed by atoms with Crippen molar-refractivity contribution in [1.29, 1.82) is 0 Å². The Morgan fingerprint density at radius 1 is 0.806 bits per heavy atom. The van der Waals surface area contributed by atoms with Crippen LogP contribution in [0.25, 0.3) is 21.9 Å². The van der Waals surface area contributed by atoms with E-state index in [1.807, 2.05) is 0 Å². The molecule has 0 saturated carbocycles. The predicted molar refractivity (Wildman–Crippen MR) is 116 cm³/mol. The topological polar surface area (TPSA) is 104 Å². The zero-order valence-corrected chi connectivity index (χ0v) is 18.2. The largest absolute Gasteiger partial charge is 0.506 e. The normalized spacial score (nSPS) is 10.6. The van der Waals surface area contributed by atoms with Crippen molar-refractivity contribution in [1.82, 2.24) is 0 Å². The summed E-state index contributed by atoms with van der Waals surface area (Å²) in [6, 6.07) is 6.77. The van der Waals surface area contributed by atoms with Crippen LogP contribution in [0.4, 0.5) is 0 Å². The van der Waals surface area contributed by atoms with Crippen LogP contribution in [-0.4, -0.2) is 51.7 Å². The maximum Gasteiger partial charge on any atom is 0.339 e. The van der Waals surface area contributed by atoms with E-state index in [1.165, 1.54) is 41.6 Å². The third-order valence-corrected chi connectivity index (χ3v) is 5.21. The van der Waals surface area contributed by atoms with E-state index in [-0.39, 0.29) is 16.7 Å². The van der Waals surface area contributed by atoms with E-state index in [4.69, 9.17) is 23.7 Å². The zero-order chi connectivity index (χ0) is 22.9. The molecule has 31 heavy (non-hydrogen) atoms. The van der Waals surface area contributed by atoms with E-state index in [1.54, 1.807) is 25.1 Å². The summed E-state index contributed by atoms with van der Waals surface area (Å²) >= 11 is 0. The highest BCUT2D eigenvalue weighted by atomic mass is 16.5. The summed E-state index contributed by atoms with van der Waals surface area (Å²) in [5.41, 5.74) is 1.33. The number of benzene rings is 3.